The minimum Gasteiger partial charge on any atom is -0.496 e. The van der Waals surface area contributed by atoms with Crippen molar-refractivity contribution in [1.29, 1.82) is 0 Å². The molecular formula is C22H22N2O4S2. The van der Waals surface area contributed by atoms with Gasteiger partial charge in [-0.05, 0) is 25.1 Å². The van der Waals surface area contributed by atoms with Gasteiger partial charge < -0.3 is 14.8 Å². The monoisotopic (exact) mass is 442 g/mol. The van der Waals surface area contributed by atoms with Crippen LogP contribution in [-0.2, 0) is 21.8 Å². The summed E-state index contributed by atoms with van der Waals surface area (Å²) in [6.45, 7) is 1.90. The fourth-order valence-electron chi connectivity index (χ4n) is 2.69. The van der Waals surface area contributed by atoms with E-state index in [1.54, 1.807) is 30.6 Å². The molecule has 0 bridgehead atoms. The molecular weight excluding hydrogens is 420 g/mol. The van der Waals surface area contributed by atoms with E-state index in [0.29, 0.717) is 23.6 Å². The molecule has 0 saturated carbocycles. The number of aryl methyl sites for hydroxylation is 1. The fraction of sp³-hybridized carbons (Fsp3) is 0.227. The number of hydrogen-bond donors (Lipinski definition) is 1. The fourth-order valence-corrected chi connectivity index (χ4v) is 4.34. The van der Waals surface area contributed by atoms with Crippen LogP contribution in [0.2, 0.25) is 0 Å². The summed E-state index contributed by atoms with van der Waals surface area (Å²) in [5.74, 6) is 0.446. The zero-order chi connectivity index (χ0) is 21.3. The normalized spacial score (nSPS) is 10.5. The van der Waals surface area contributed by atoms with Crippen molar-refractivity contribution in [3.63, 3.8) is 0 Å². The van der Waals surface area contributed by atoms with E-state index in [9.17, 15) is 9.59 Å². The highest BCUT2D eigenvalue weighted by Crippen LogP contribution is 2.27. The molecule has 0 aliphatic heterocycles. The average Bonchev–Trinajstić information content (AvgIpc) is 3.20. The van der Waals surface area contributed by atoms with Crippen LogP contribution < -0.4 is 10.1 Å². The Morgan fingerprint density at radius 3 is 2.67 bits per heavy atom. The van der Waals surface area contributed by atoms with E-state index in [1.165, 1.54) is 11.8 Å². The number of nitrogens with zero attached hydrogens (tertiary/aromatic N) is 1. The molecule has 2 aromatic carbocycles. The highest BCUT2D eigenvalue weighted by molar-refractivity contribution is 7.98. The molecule has 0 atom stereocenters. The number of carbonyl (C=O) groups excluding carboxylic acids is 2. The number of thioether (sulfide) groups is 1. The van der Waals surface area contributed by atoms with Gasteiger partial charge in [0.2, 0.25) is 0 Å². The quantitative estimate of drug-likeness (QED) is 0.395. The van der Waals surface area contributed by atoms with Gasteiger partial charge in [-0.25, -0.2) is 9.78 Å². The van der Waals surface area contributed by atoms with E-state index in [-0.39, 0.29) is 12.5 Å². The summed E-state index contributed by atoms with van der Waals surface area (Å²) in [6.07, 6.45) is 0. The van der Waals surface area contributed by atoms with Gasteiger partial charge in [-0.1, -0.05) is 30.3 Å². The maximum Gasteiger partial charge on any atom is 0.339 e. The lowest BCUT2D eigenvalue weighted by Crippen LogP contribution is -2.28. The van der Waals surface area contributed by atoms with Gasteiger partial charge in [0, 0.05) is 28.1 Å². The van der Waals surface area contributed by atoms with E-state index < -0.39 is 5.97 Å². The number of carbonyl (C=O) groups is 2. The van der Waals surface area contributed by atoms with Crippen LogP contribution in [0.1, 0.15) is 26.6 Å². The Labute approximate surface area is 183 Å². The number of methoxy groups -OCH3 is 1. The van der Waals surface area contributed by atoms with Gasteiger partial charge in [0.05, 0.1) is 23.4 Å². The van der Waals surface area contributed by atoms with E-state index in [0.717, 1.165) is 21.2 Å². The van der Waals surface area contributed by atoms with Gasteiger partial charge in [0.15, 0.2) is 6.61 Å². The van der Waals surface area contributed by atoms with Crippen molar-refractivity contribution < 1.29 is 19.1 Å². The lowest BCUT2D eigenvalue weighted by molar-refractivity contribution is -0.124. The average molecular weight is 443 g/mol. The summed E-state index contributed by atoms with van der Waals surface area (Å²) in [7, 11) is 1.58. The second-order valence-electron chi connectivity index (χ2n) is 6.31. The first kappa shape index (κ1) is 21.9. The van der Waals surface area contributed by atoms with E-state index >= 15 is 0 Å². The SMILES string of the molecule is COc1ccccc1CNC(=O)COC(=O)c1ccccc1SCc1csc(C)n1. The minimum absolute atomic E-state index is 0.292. The second kappa shape index (κ2) is 10.8. The molecule has 30 heavy (non-hydrogen) atoms. The highest BCUT2D eigenvalue weighted by atomic mass is 32.2. The van der Waals surface area contributed by atoms with Crippen LogP contribution in [0.3, 0.4) is 0 Å². The number of hydrogen-bond acceptors (Lipinski definition) is 7. The Balaban J connectivity index is 1.52. The zero-order valence-electron chi connectivity index (χ0n) is 16.7. The molecule has 3 aromatic rings. The number of esters is 1. The van der Waals surface area contributed by atoms with Crippen molar-refractivity contribution in [2.24, 2.45) is 0 Å². The first-order valence-corrected chi connectivity index (χ1v) is 11.1. The largest absolute Gasteiger partial charge is 0.496 e. The molecule has 0 aliphatic carbocycles. The van der Waals surface area contributed by atoms with Crippen molar-refractivity contribution in [1.82, 2.24) is 10.3 Å². The molecule has 156 valence electrons. The van der Waals surface area contributed by atoms with Gasteiger partial charge in [0.25, 0.3) is 5.91 Å². The number of rotatable bonds is 9. The summed E-state index contributed by atoms with van der Waals surface area (Å²) < 4.78 is 10.5. The number of aromatic nitrogens is 1. The minimum atomic E-state index is -0.528. The molecule has 0 spiro atoms. The Kier molecular flexibility index (Phi) is 7.87. The summed E-state index contributed by atoms with van der Waals surface area (Å²) in [5.41, 5.74) is 2.26. The predicted molar refractivity (Wildman–Crippen MR) is 118 cm³/mol. The van der Waals surface area contributed by atoms with Gasteiger partial charge in [-0.15, -0.1) is 23.1 Å². The topological polar surface area (TPSA) is 77.5 Å². The van der Waals surface area contributed by atoms with Gasteiger partial charge in [0.1, 0.15) is 5.75 Å². The Morgan fingerprint density at radius 1 is 1.13 bits per heavy atom. The molecule has 1 amide bonds. The molecule has 1 N–H and O–H groups in total. The lowest BCUT2D eigenvalue weighted by atomic mass is 10.2. The van der Waals surface area contributed by atoms with Gasteiger partial charge >= 0.3 is 5.97 Å². The zero-order valence-corrected chi connectivity index (χ0v) is 18.3. The van der Waals surface area contributed by atoms with Gasteiger partial charge in [-0.2, -0.15) is 0 Å². The van der Waals surface area contributed by atoms with Crippen LogP contribution in [-0.4, -0.2) is 30.6 Å². The van der Waals surface area contributed by atoms with Crippen molar-refractivity contribution in [2.75, 3.05) is 13.7 Å². The van der Waals surface area contributed by atoms with Crippen LogP contribution >= 0.6 is 23.1 Å². The third-order valence-electron chi connectivity index (χ3n) is 4.15. The van der Waals surface area contributed by atoms with E-state index in [4.69, 9.17) is 9.47 Å². The molecule has 1 aromatic heterocycles. The molecule has 0 aliphatic rings. The number of para-hydroxylation sites is 1. The van der Waals surface area contributed by atoms with Crippen molar-refractivity contribution in [3.05, 3.63) is 75.7 Å². The third-order valence-corrected chi connectivity index (χ3v) is 6.08. The lowest BCUT2D eigenvalue weighted by Gasteiger charge is -2.11. The maximum atomic E-state index is 12.5. The molecule has 8 heteroatoms. The molecule has 0 saturated heterocycles. The second-order valence-corrected chi connectivity index (χ2v) is 8.39. The van der Waals surface area contributed by atoms with Crippen molar-refractivity contribution in [3.8, 4) is 5.75 Å². The predicted octanol–water partition coefficient (Wildman–Crippen LogP) is 4.23. The maximum absolute atomic E-state index is 12.5. The number of benzene rings is 2. The summed E-state index contributed by atoms with van der Waals surface area (Å²) in [5, 5.41) is 5.76. The Bertz CT molecular complexity index is 1020. The molecule has 3 rings (SSSR count). The Morgan fingerprint density at radius 2 is 1.90 bits per heavy atom. The number of ether oxygens (including phenoxy) is 2. The smallest absolute Gasteiger partial charge is 0.339 e. The first-order valence-electron chi connectivity index (χ1n) is 9.25. The van der Waals surface area contributed by atoms with E-state index in [1.807, 2.05) is 48.7 Å². The van der Waals surface area contributed by atoms with Crippen LogP contribution in [0.4, 0.5) is 0 Å². The molecule has 0 radical (unpaired) electrons. The number of amides is 1. The van der Waals surface area contributed by atoms with E-state index in [2.05, 4.69) is 10.3 Å². The molecule has 1 heterocycles. The highest BCUT2D eigenvalue weighted by Gasteiger charge is 2.15. The van der Waals surface area contributed by atoms with Crippen molar-refractivity contribution in [2.45, 2.75) is 24.1 Å². The van der Waals surface area contributed by atoms with Crippen molar-refractivity contribution >= 4 is 35.0 Å². The summed E-state index contributed by atoms with van der Waals surface area (Å²) in [4.78, 5) is 29.9. The number of thiazole rings is 1. The third kappa shape index (κ3) is 6.08. The number of nitrogens with one attached hydrogen (secondary N) is 1. The van der Waals surface area contributed by atoms with Crippen LogP contribution in [0.25, 0.3) is 0 Å². The first-order chi connectivity index (χ1) is 14.6. The Hall–Kier alpha value is -2.84. The van der Waals surface area contributed by atoms with Crippen LogP contribution in [0.5, 0.6) is 5.75 Å². The standard InChI is InChI=1S/C22H22N2O4S2/c1-15-24-17(13-29-15)14-30-20-10-6-4-8-18(20)22(26)28-12-21(25)23-11-16-7-3-5-9-19(16)27-2/h3-10,13H,11-12,14H2,1-2H3,(H,23,25). The van der Waals surface area contributed by atoms with Gasteiger partial charge in [-0.3, -0.25) is 4.79 Å². The van der Waals surface area contributed by atoms with Crippen LogP contribution in [0.15, 0.2) is 58.8 Å². The van der Waals surface area contributed by atoms with Crippen LogP contribution in [0, 0.1) is 6.92 Å². The summed E-state index contributed by atoms with van der Waals surface area (Å²) >= 11 is 3.11. The summed E-state index contributed by atoms with van der Waals surface area (Å²) in [6, 6.07) is 14.6. The molecule has 6 nitrogen and oxygen atoms in total. The molecule has 0 unspecified atom stereocenters. The molecule has 0 fully saturated rings.